The Morgan fingerprint density at radius 2 is 1.88 bits per heavy atom. The highest BCUT2D eigenvalue weighted by atomic mass is 16.5. The molecular weight excluding hydrogens is 220 g/mol. The zero-order valence-corrected chi connectivity index (χ0v) is 10.9. The summed E-state index contributed by atoms with van der Waals surface area (Å²) in [6.45, 7) is 7.94. The standard InChI is InChI=1S/C12H22N2O3/c1-10(2)11(12(16)17-3)8-13-4-6-14(9-15)7-5-13/h9-11H,4-8H2,1-3H3. The number of rotatable bonds is 5. The first-order valence-electron chi connectivity index (χ1n) is 6.08. The zero-order valence-electron chi connectivity index (χ0n) is 10.9. The quantitative estimate of drug-likeness (QED) is 0.511. The molecule has 1 aliphatic rings. The first-order valence-corrected chi connectivity index (χ1v) is 6.08. The lowest BCUT2D eigenvalue weighted by atomic mass is 9.95. The number of piperazine rings is 1. The number of hydrogen-bond donors (Lipinski definition) is 0. The average Bonchev–Trinajstić information content (AvgIpc) is 2.35. The van der Waals surface area contributed by atoms with E-state index < -0.39 is 0 Å². The third kappa shape index (κ3) is 4.00. The van der Waals surface area contributed by atoms with Crippen LogP contribution in [0.4, 0.5) is 0 Å². The van der Waals surface area contributed by atoms with E-state index in [1.54, 1.807) is 4.90 Å². The molecule has 5 heteroatoms. The molecule has 0 bridgehead atoms. The highest BCUT2D eigenvalue weighted by Crippen LogP contribution is 2.15. The van der Waals surface area contributed by atoms with Crippen molar-refractivity contribution >= 4 is 12.4 Å². The summed E-state index contributed by atoms with van der Waals surface area (Å²) in [5, 5.41) is 0. The van der Waals surface area contributed by atoms with Crippen molar-refractivity contribution in [3.05, 3.63) is 0 Å². The predicted octanol–water partition coefficient (Wildman–Crippen LogP) is 0.206. The molecule has 98 valence electrons. The lowest BCUT2D eigenvalue weighted by molar-refractivity contribution is -0.148. The van der Waals surface area contributed by atoms with E-state index in [9.17, 15) is 9.59 Å². The summed E-state index contributed by atoms with van der Waals surface area (Å²) in [6, 6.07) is 0. The van der Waals surface area contributed by atoms with Gasteiger partial charge in [0, 0.05) is 32.7 Å². The number of methoxy groups -OCH3 is 1. The van der Waals surface area contributed by atoms with Gasteiger partial charge >= 0.3 is 5.97 Å². The van der Waals surface area contributed by atoms with Crippen molar-refractivity contribution in [1.29, 1.82) is 0 Å². The molecule has 1 saturated heterocycles. The maximum atomic E-state index is 11.6. The molecule has 1 amide bonds. The molecule has 5 nitrogen and oxygen atoms in total. The fraction of sp³-hybridized carbons (Fsp3) is 0.833. The molecule has 1 atom stereocenters. The molecule has 0 spiro atoms. The van der Waals surface area contributed by atoms with Crippen molar-refractivity contribution in [2.45, 2.75) is 13.8 Å². The summed E-state index contributed by atoms with van der Waals surface area (Å²) in [4.78, 5) is 26.2. The average molecular weight is 242 g/mol. The van der Waals surface area contributed by atoms with Gasteiger partial charge in [0.2, 0.25) is 6.41 Å². The second-order valence-electron chi connectivity index (χ2n) is 4.82. The highest BCUT2D eigenvalue weighted by molar-refractivity contribution is 5.72. The molecular formula is C12H22N2O3. The van der Waals surface area contributed by atoms with Gasteiger partial charge in [0.1, 0.15) is 0 Å². The topological polar surface area (TPSA) is 49.9 Å². The first kappa shape index (κ1) is 14.0. The zero-order chi connectivity index (χ0) is 12.8. The van der Waals surface area contributed by atoms with E-state index in [1.165, 1.54) is 7.11 Å². The smallest absolute Gasteiger partial charge is 0.310 e. The van der Waals surface area contributed by atoms with Crippen molar-refractivity contribution in [2.24, 2.45) is 11.8 Å². The molecule has 0 aromatic rings. The van der Waals surface area contributed by atoms with Crippen LogP contribution >= 0.6 is 0 Å². The predicted molar refractivity (Wildman–Crippen MR) is 64.4 cm³/mol. The summed E-state index contributed by atoms with van der Waals surface area (Å²) in [7, 11) is 1.43. The van der Waals surface area contributed by atoms with Gasteiger partial charge < -0.3 is 9.64 Å². The minimum atomic E-state index is -0.141. The van der Waals surface area contributed by atoms with Crippen LogP contribution in [0.1, 0.15) is 13.8 Å². The monoisotopic (exact) mass is 242 g/mol. The second-order valence-corrected chi connectivity index (χ2v) is 4.82. The van der Waals surface area contributed by atoms with Crippen LogP contribution in [0.5, 0.6) is 0 Å². The van der Waals surface area contributed by atoms with Gasteiger partial charge in [-0.1, -0.05) is 13.8 Å². The van der Waals surface area contributed by atoms with E-state index in [0.29, 0.717) is 0 Å². The van der Waals surface area contributed by atoms with Crippen LogP contribution in [0.15, 0.2) is 0 Å². The Kier molecular flexibility index (Phi) is 5.41. The lowest BCUT2D eigenvalue weighted by Crippen LogP contribution is -2.48. The molecule has 0 saturated carbocycles. The third-order valence-electron chi connectivity index (χ3n) is 3.32. The third-order valence-corrected chi connectivity index (χ3v) is 3.32. The molecule has 1 heterocycles. The number of nitrogens with zero attached hydrogens (tertiary/aromatic N) is 2. The summed E-state index contributed by atoms with van der Waals surface area (Å²) in [5.74, 6) is 0.0483. The minimum Gasteiger partial charge on any atom is -0.469 e. The number of carbonyl (C=O) groups is 2. The molecule has 1 unspecified atom stereocenters. The summed E-state index contributed by atoms with van der Waals surface area (Å²) >= 11 is 0. The highest BCUT2D eigenvalue weighted by Gasteiger charge is 2.27. The van der Waals surface area contributed by atoms with Crippen molar-refractivity contribution in [3.63, 3.8) is 0 Å². The number of amides is 1. The number of esters is 1. The van der Waals surface area contributed by atoms with E-state index >= 15 is 0 Å². The number of carbonyl (C=O) groups excluding carboxylic acids is 2. The van der Waals surface area contributed by atoms with Gasteiger partial charge in [-0.2, -0.15) is 0 Å². The van der Waals surface area contributed by atoms with E-state index in [4.69, 9.17) is 4.74 Å². The van der Waals surface area contributed by atoms with Crippen molar-refractivity contribution in [2.75, 3.05) is 39.8 Å². The van der Waals surface area contributed by atoms with Gasteiger partial charge in [-0.15, -0.1) is 0 Å². The van der Waals surface area contributed by atoms with Crippen LogP contribution in [0.25, 0.3) is 0 Å². The van der Waals surface area contributed by atoms with Crippen LogP contribution in [-0.4, -0.2) is 62.0 Å². The molecule has 0 radical (unpaired) electrons. The molecule has 1 fully saturated rings. The maximum Gasteiger partial charge on any atom is 0.310 e. The van der Waals surface area contributed by atoms with Gasteiger partial charge in [0.25, 0.3) is 0 Å². The summed E-state index contributed by atoms with van der Waals surface area (Å²) in [5.41, 5.74) is 0. The van der Waals surface area contributed by atoms with Crippen LogP contribution in [0.3, 0.4) is 0 Å². The fourth-order valence-electron chi connectivity index (χ4n) is 2.04. The minimum absolute atomic E-state index is 0.0808. The Morgan fingerprint density at radius 1 is 1.29 bits per heavy atom. The Labute approximate surface area is 103 Å². The molecule has 0 N–H and O–H groups in total. The van der Waals surface area contributed by atoms with Crippen LogP contribution in [0.2, 0.25) is 0 Å². The molecule has 1 rings (SSSR count). The van der Waals surface area contributed by atoms with E-state index in [1.807, 2.05) is 13.8 Å². The number of hydrogen-bond acceptors (Lipinski definition) is 4. The van der Waals surface area contributed by atoms with E-state index in [2.05, 4.69) is 4.90 Å². The van der Waals surface area contributed by atoms with Gasteiger partial charge in [-0.3, -0.25) is 14.5 Å². The van der Waals surface area contributed by atoms with Crippen molar-refractivity contribution < 1.29 is 14.3 Å². The Hall–Kier alpha value is -1.10. The van der Waals surface area contributed by atoms with Crippen LogP contribution in [0, 0.1) is 11.8 Å². The van der Waals surface area contributed by atoms with Crippen LogP contribution in [-0.2, 0) is 14.3 Å². The Morgan fingerprint density at radius 3 is 2.29 bits per heavy atom. The van der Waals surface area contributed by atoms with E-state index in [-0.39, 0.29) is 17.8 Å². The Bertz CT molecular complexity index is 260. The SMILES string of the molecule is COC(=O)C(CN1CCN(C=O)CC1)C(C)C. The second kappa shape index (κ2) is 6.59. The molecule has 0 aliphatic carbocycles. The first-order chi connectivity index (χ1) is 8.08. The van der Waals surface area contributed by atoms with Gasteiger partial charge in [-0.05, 0) is 5.92 Å². The van der Waals surface area contributed by atoms with Gasteiger partial charge in [0.05, 0.1) is 13.0 Å². The number of ether oxygens (including phenoxy) is 1. The van der Waals surface area contributed by atoms with E-state index in [0.717, 1.165) is 39.1 Å². The summed E-state index contributed by atoms with van der Waals surface area (Å²) in [6.07, 6.45) is 0.886. The molecule has 0 aromatic heterocycles. The summed E-state index contributed by atoms with van der Waals surface area (Å²) < 4.78 is 4.83. The molecule has 1 aliphatic heterocycles. The van der Waals surface area contributed by atoms with Gasteiger partial charge in [0.15, 0.2) is 0 Å². The molecule has 17 heavy (non-hydrogen) atoms. The van der Waals surface area contributed by atoms with Gasteiger partial charge in [-0.25, -0.2) is 0 Å². The van der Waals surface area contributed by atoms with Crippen molar-refractivity contribution in [1.82, 2.24) is 9.80 Å². The normalized spacial score (nSPS) is 19.2. The maximum absolute atomic E-state index is 11.6. The molecule has 0 aromatic carbocycles. The Balaban J connectivity index is 2.46. The fourth-order valence-corrected chi connectivity index (χ4v) is 2.04. The lowest BCUT2D eigenvalue weighted by Gasteiger charge is -2.34. The van der Waals surface area contributed by atoms with Crippen molar-refractivity contribution in [3.8, 4) is 0 Å². The largest absolute Gasteiger partial charge is 0.469 e. The van der Waals surface area contributed by atoms with Crippen LogP contribution < -0.4 is 0 Å².